The van der Waals surface area contributed by atoms with E-state index in [0.29, 0.717) is 13.2 Å². The normalized spacial score (nSPS) is 22.0. The molecule has 21 heavy (non-hydrogen) atoms. The third-order valence-electron chi connectivity index (χ3n) is 3.76. The molecule has 4 nitrogen and oxygen atoms in total. The minimum atomic E-state index is -0.124. The van der Waals surface area contributed by atoms with E-state index in [0.717, 1.165) is 18.6 Å². The Bertz CT molecular complexity index is 468. The first-order chi connectivity index (χ1) is 9.90. The van der Waals surface area contributed by atoms with Crippen molar-refractivity contribution in [3.63, 3.8) is 0 Å². The maximum atomic E-state index is 6.34. The largest absolute Gasteiger partial charge is 0.497 e. The summed E-state index contributed by atoms with van der Waals surface area (Å²) in [4.78, 5) is 0. The Balaban J connectivity index is 1.90. The van der Waals surface area contributed by atoms with Gasteiger partial charge in [0.1, 0.15) is 5.75 Å². The third-order valence-corrected chi connectivity index (χ3v) is 3.76. The van der Waals surface area contributed by atoms with Crippen molar-refractivity contribution >= 4 is 0 Å². The van der Waals surface area contributed by atoms with E-state index in [9.17, 15) is 0 Å². The first-order valence-corrected chi connectivity index (χ1v) is 7.58. The molecular formula is C17H27NO3. The number of methoxy groups -OCH3 is 1. The van der Waals surface area contributed by atoms with E-state index in [4.69, 9.17) is 19.9 Å². The molecule has 0 aromatic heterocycles. The molecule has 1 aromatic carbocycles. The lowest BCUT2D eigenvalue weighted by Gasteiger charge is -2.31. The second kappa shape index (κ2) is 6.77. The zero-order valence-electron chi connectivity index (χ0n) is 13.5. The summed E-state index contributed by atoms with van der Waals surface area (Å²) in [5.41, 5.74) is 8.66. The highest BCUT2D eigenvalue weighted by molar-refractivity contribution is 5.39. The van der Waals surface area contributed by atoms with E-state index in [1.807, 2.05) is 26.8 Å². The Labute approximate surface area is 127 Å². The maximum absolute atomic E-state index is 6.34. The van der Waals surface area contributed by atoms with Crippen LogP contribution < -0.4 is 10.5 Å². The van der Waals surface area contributed by atoms with Gasteiger partial charge in [-0.25, -0.2) is 0 Å². The van der Waals surface area contributed by atoms with Gasteiger partial charge in [0.2, 0.25) is 0 Å². The summed E-state index contributed by atoms with van der Waals surface area (Å²) in [7, 11) is 1.69. The van der Waals surface area contributed by atoms with Crippen LogP contribution in [0.15, 0.2) is 18.2 Å². The van der Waals surface area contributed by atoms with Crippen LogP contribution in [0.4, 0.5) is 0 Å². The summed E-state index contributed by atoms with van der Waals surface area (Å²) in [6.45, 7) is 7.32. The van der Waals surface area contributed by atoms with Gasteiger partial charge in [0.05, 0.1) is 38.1 Å². The molecule has 0 heterocycles. The van der Waals surface area contributed by atoms with E-state index in [-0.39, 0.29) is 17.7 Å². The van der Waals surface area contributed by atoms with Crippen LogP contribution in [0.1, 0.15) is 44.4 Å². The van der Waals surface area contributed by atoms with Crippen LogP contribution >= 0.6 is 0 Å². The van der Waals surface area contributed by atoms with Gasteiger partial charge in [-0.2, -0.15) is 0 Å². The molecule has 0 aliphatic heterocycles. The predicted molar refractivity (Wildman–Crippen MR) is 83.7 cm³/mol. The van der Waals surface area contributed by atoms with Crippen molar-refractivity contribution in [1.82, 2.24) is 0 Å². The van der Waals surface area contributed by atoms with Gasteiger partial charge < -0.3 is 19.9 Å². The molecule has 0 amide bonds. The van der Waals surface area contributed by atoms with E-state index in [2.05, 4.69) is 12.1 Å². The highest BCUT2D eigenvalue weighted by atomic mass is 16.5. The van der Waals surface area contributed by atoms with Crippen molar-refractivity contribution in [2.24, 2.45) is 5.73 Å². The number of rotatable bonds is 5. The monoisotopic (exact) mass is 293 g/mol. The summed E-state index contributed by atoms with van der Waals surface area (Å²) in [6, 6.07) is 6.02. The lowest BCUT2D eigenvalue weighted by atomic mass is 9.86. The Kier molecular flexibility index (Phi) is 5.25. The van der Waals surface area contributed by atoms with Crippen molar-refractivity contribution in [3.05, 3.63) is 29.3 Å². The van der Waals surface area contributed by atoms with E-state index < -0.39 is 0 Å². The molecular weight excluding hydrogens is 266 g/mol. The first-order valence-electron chi connectivity index (χ1n) is 7.58. The minimum Gasteiger partial charge on any atom is -0.497 e. The number of benzene rings is 1. The van der Waals surface area contributed by atoms with Gasteiger partial charge in [0.15, 0.2) is 0 Å². The third kappa shape index (κ3) is 4.43. The molecule has 2 unspecified atom stereocenters. The number of hydrogen-bond donors (Lipinski definition) is 1. The fraction of sp³-hybridized carbons (Fsp3) is 0.647. The standard InChI is InChI=1S/C17H27NO3/c1-17(2,3)21-10-9-20-15-8-5-12-11-13(19-4)6-7-14(12)16(15)18/h6-7,11,15-16H,5,8-10,18H2,1-4H3. The lowest BCUT2D eigenvalue weighted by molar-refractivity contribution is -0.0589. The second-order valence-electron chi connectivity index (χ2n) is 6.50. The average Bonchev–Trinajstić information content (AvgIpc) is 2.44. The molecule has 0 radical (unpaired) electrons. The van der Waals surface area contributed by atoms with Gasteiger partial charge >= 0.3 is 0 Å². The zero-order chi connectivity index (χ0) is 15.5. The lowest BCUT2D eigenvalue weighted by Crippen LogP contribution is -2.35. The molecule has 0 fully saturated rings. The average molecular weight is 293 g/mol. The van der Waals surface area contributed by atoms with Crippen molar-refractivity contribution in [2.75, 3.05) is 20.3 Å². The van der Waals surface area contributed by atoms with Gasteiger partial charge in [0.25, 0.3) is 0 Å². The molecule has 1 aliphatic carbocycles. The maximum Gasteiger partial charge on any atom is 0.119 e. The van der Waals surface area contributed by atoms with Crippen LogP contribution in [0.2, 0.25) is 0 Å². The van der Waals surface area contributed by atoms with Crippen LogP contribution in [0.25, 0.3) is 0 Å². The van der Waals surface area contributed by atoms with E-state index in [1.165, 1.54) is 11.1 Å². The molecule has 4 heteroatoms. The number of nitrogens with two attached hydrogens (primary N) is 1. The molecule has 0 bridgehead atoms. The molecule has 0 spiro atoms. The van der Waals surface area contributed by atoms with Crippen molar-refractivity contribution in [2.45, 2.75) is 51.4 Å². The Morgan fingerprint density at radius 3 is 2.67 bits per heavy atom. The fourth-order valence-electron chi connectivity index (χ4n) is 2.66. The molecule has 2 rings (SSSR count). The smallest absolute Gasteiger partial charge is 0.119 e. The molecule has 118 valence electrons. The Morgan fingerprint density at radius 1 is 1.24 bits per heavy atom. The summed E-state index contributed by atoms with van der Waals surface area (Å²) in [6.07, 6.45) is 1.98. The highest BCUT2D eigenvalue weighted by Gasteiger charge is 2.27. The molecule has 2 N–H and O–H groups in total. The van der Waals surface area contributed by atoms with Gasteiger partial charge in [-0.3, -0.25) is 0 Å². The predicted octanol–water partition coefficient (Wildman–Crippen LogP) is 2.84. The van der Waals surface area contributed by atoms with Gasteiger partial charge in [-0.1, -0.05) is 6.07 Å². The summed E-state index contributed by atoms with van der Waals surface area (Å²) < 4.78 is 16.9. The second-order valence-corrected chi connectivity index (χ2v) is 6.50. The summed E-state index contributed by atoms with van der Waals surface area (Å²) in [5.74, 6) is 0.888. The Morgan fingerprint density at radius 2 is 2.00 bits per heavy atom. The fourth-order valence-corrected chi connectivity index (χ4v) is 2.66. The number of ether oxygens (including phenoxy) is 3. The SMILES string of the molecule is COc1ccc2c(c1)CCC(OCCOC(C)(C)C)C2N. The summed E-state index contributed by atoms with van der Waals surface area (Å²) >= 11 is 0. The molecule has 1 aromatic rings. The quantitative estimate of drug-likeness (QED) is 0.848. The van der Waals surface area contributed by atoms with Crippen molar-refractivity contribution in [1.29, 1.82) is 0 Å². The van der Waals surface area contributed by atoms with Crippen molar-refractivity contribution < 1.29 is 14.2 Å². The first kappa shape index (κ1) is 16.3. The van der Waals surface area contributed by atoms with Crippen LogP contribution in [-0.4, -0.2) is 32.0 Å². The molecule has 0 saturated heterocycles. The summed E-state index contributed by atoms with van der Waals surface area (Å²) in [5, 5.41) is 0. The molecule has 2 atom stereocenters. The minimum absolute atomic E-state index is 0.0643. The topological polar surface area (TPSA) is 53.7 Å². The van der Waals surface area contributed by atoms with Gasteiger partial charge in [0, 0.05) is 0 Å². The van der Waals surface area contributed by atoms with E-state index >= 15 is 0 Å². The van der Waals surface area contributed by atoms with Gasteiger partial charge in [-0.15, -0.1) is 0 Å². The van der Waals surface area contributed by atoms with Crippen LogP contribution in [0.3, 0.4) is 0 Å². The van der Waals surface area contributed by atoms with Crippen molar-refractivity contribution in [3.8, 4) is 5.75 Å². The highest BCUT2D eigenvalue weighted by Crippen LogP contribution is 2.32. The number of hydrogen-bond acceptors (Lipinski definition) is 4. The van der Waals surface area contributed by atoms with Crippen LogP contribution in [-0.2, 0) is 15.9 Å². The van der Waals surface area contributed by atoms with Crippen LogP contribution in [0.5, 0.6) is 5.75 Å². The zero-order valence-corrected chi connectivity index (χ0v) is 13.5. The number of aryl methyl sites for hydroxylation is 1. The number of fused-ring (bicyclic) bond motifs is 1. The molecule has 1 aliphatic rings. The Hall–Kier alpha value is -1.10. The molecule has 0 saturated carbocycles. The van der Waals surface area contributed by atoms with Crippen LogP contribution in [0, 0.1) is 0 Å². The van der Waals surface area contributed by atoms with E-state index in [1.54, 1.807) is 7.11 Å². The van der Waals surface area contributed by atoms with Gasteiger partial charge in [-0.05, 0) is 56.9 Å².